The van der Waals surface area contributed by atoms with E-state index in [-0.39, 0.29) is 6.10 Å². The highest BCUT2D eigenvalue weighted by molar-refractivity contribution is 7.69. The van der Waals surface area contributed by atoms with Gasteiger partial charge in [-0.1, -0.05) is 0 Å². The number of thiol groups is 1. The minimum atomic E-state index is -2.41. The molecule has 1 fully saturated rings. The number of hydrogen-bond acceptors (Lipinski definition) is 4. The molecular formula is C5H12N2O3S. The first kappa shape index (κ1) is 8.92. The second-order valence-corrected chi connectivity index (χ2v) is 3.57. The summed E-state index contributed by atoms with van der Waals surface area (Å²) in [5, 5.41) is 0. The summed E-state index contributed by atoms with van der Waals surface area (Å²) >= 11 is 0. The van der Waals surface area contributed by atoms with Crippen LogP contribution < -0.4 is 5.90 Å². The van der Waals surface area contributed by atoms with E-state index in [0.717, 1.165) is 0 Å². The molecule has 2 N–H and O–H groups in total. The fraction of sp³-hybridized carbons (Fsp3) is 1.00. The van der Waals surface area contributed by atoms with Crippen molar-refractivity contribution >= 4 is 10.9 Å². The smallest absolute Gasteiger partial charge is 0.203 e. The summed E-state index contributed by atoms with van der Waals surface area (Å²) in [6, 6.07) is 0. The Morgan fingerprint density at radius 2 is 1.91 bits per heavy atom. The zero-order chi connectivity index (χ0) is 8.27. The topological polar surface area (TPSA) is 72.6 Å². The Bertz CT molecular complexity index is 178. The van der Waals surface area contributed by atoms with Gasteiger partial charge in [-0.3, -0.25) is 0 Å². The summed E-state index contributed by atoms with van der Waals surface area (Å²) in [6.45, 7) is 1.06. The van der Waals surface area contributed by atoms with Crippen LogP contribution in [0.5, 0.6) is 0 Å². The predicted octanol–water partition coefficient (Wildman–Crippen LogP) is -1.13. The number of hydrogen-bond donors (Lipinski definition) is 2. The molecule has 0 atom stereocenters. The van der Waals surface area contributed by atoms with Gasteiger partial charge in [0.15, 0.2) is 0 Å². The van der Waals surface area contributed by atoms with Crippen LogP contribution in [0.15, 0.2) is 0 Å². The first-order valence-electron chi connectivity index (χ1n) is 3.49. The molecule has 11 heavy (non-hydrogen) atoms. The van der Waals surface area contributed by atoms with Crippen LogP contribution in [0.1, 0.15) is 12.8 Å². The number of nitrogens with two attached hydrogens (primary N) is 1. The standard InChI is InChI=1S/C5H12N2O3S/c6-10-5-1-3-7(4-2-5)11(8)9/h5,11H,1-4,6H2. The maximum atomic E-state index is 10.4. The van der Waals surface area contributed by atoms with Crippen LogP contribution in [-0.2, 0) is 15.7 Å². The molecule has 1 heterocycles. The minimum Gasteiger partial charge on any atom is -0.301 e. The fourth-order valence-electron chi connectivity index (χ4n) is 1.14. The Labute approximate surface area is 67.2 Å². The molecule has 1 rings (SSSR count). The van der Waals surface area contributed by atoms with E-state index in [4.69, 9.17) is 5.90 Å². The van der Waals surface area contributed by atoms with E-state index in [2.05, 4.69) is 4.84 Å². The second kappa shape index (κ2) is 4.01. The Hall–Kier alpha value is -0.170. The summed E-state index contributed by atoms with van der Waals surface area (Å²) in [7, 11) is -2.41. The lowest BCUT2D eigenvalue weighted by Crippen LogP contribution is -2.36. The third kappa shape index (κ3) is 2.41. The van der Waals surface area contributed by atoms with E-state index in [9.17, 15) is 8.42 Å². The Balaban J connectivity index is 2.36. The van der Waals surface area contributed by atoms with E-state index < -0.39 is 10.9 Å². The molecule has 0 bridgehead atoms. The first-order valence-corrected chi connectivity index (χ1v) is 4.62. The van der Waals surface area contributed by atoms with Gasteiger partial charge in [0.25, 0.3) is 0 Å². The van der Waals surface area contributed by atoms with Crippen molar-refractivity contribution in [3.8, 4) is 0 Å². The monoisotopic (exact) mass is 180 g/mol. The zero-order valence-electron chi connectivity index (χ0n) is 6.10. The van der Waals surface area contributed by atoms with Crippen LogP contribution >= 0.6 is 0 Å². The zero-order valence-corrected chi connectivity index (χ0v) is 7.00. The number of rotatable bonds is 2. The lowest BCUT2D eigenvalue weighted by atomic mass is 10.1. The molecule has 1 aliphatic rings. The molecule has 0 radical (unpaired) electrons. The predicted molar refractivity (Wildman–Crippen MR) is 40.2 cm³/mol. The second-order valence-electron chi connectivity index (χ2n) is 2.53. The summed E-state index contributed by atoms with van der Waals surface area (Å²) in [5.41, 5.74) is 0. The van der Waals surface area contributed by atoms with Gasteiger partial charge in [0.1, 0.15) is 0 Å². The average molecular weight is 180 g/mol. The summed E-state index contributed by atoms with van der Waals surface area (Å²) in [4.78, 5) is 4.60. The van der Waals surface area contributed by atoms with E-state index in [1.54, 1.807) is 0 Å². The third-order valence-corrected chi connectivity index (χ3v) is 2.70. The molecule has 0 unspecified atom stereocenters. The SMILES string of the molecule is NOC1CCN([SH](=O)=O)CC1. The van der Waals surface area contributed by atoms with Gasteiger partial charge in [0.2, 0.25) is 10.9 Å². The lowest BCUT2D eigenvalue weighted by Gasteiger charge is -2.25. The van der Waals surface area contributed by atoms with Crippen molar-refractivity contribution in [3.05, 3.63) is 0 Å². The fourth-order valence-corrected chi connectivity index (χ4v) is 1.70. The van der Waals surface area contributed by atoms with Gasteiger partial charge in [-0.05, 0) is 12.8 Å². The quantitative estimate of drug-likeness (QED) is 0.416. The molecule has 0 aromatic rings. The highest BCUT2D eigenvalue weighted by Gasteiger charge is 2.19. The molecule has 0 aromatic heterocycles. The van der Waals surface area contributed by atoms with Crippen molar-refractivity contribution in [1.82, 2.24) is 4.31 Å². The molecule has 0 aliphatic carbocycles. The molecule has 1 aliphatic heterocycles. The van der Waals surface area contributed by atoms with Gasteiger partial charge >= 0.3 is 0 Å². The molecule has 0 spiro atoms. The minimum absolute atomic E-state index is 0.0289. The Kier molecular flexibility index (Phi) is 3.25. The maximum Gasteiger partial charge on any atom is 0.203 e. The van der Waals surface area contributed by atoms with Crippen LogP contribution in [-0.4, -0.2) is 31.9 Å². The Morgan fingerprint density at radius 3 is 2.27 bits per heavy atom. The van der Waals surface area contributed by atoms with Crippen molar-refractivity contribution in [2.24, 2.45) is 5.90 Å². The molecule has 0 saturated carbocycles. The third-order valence-electron chi connectivity index (χ3n) is 1.84. The average Bonchev–Trinajstić information content (AvgIpc) is 2.05. The summed E-state index contributed by atoms with van der Waals surface area (Å²) in [6.07, 6.45) is 1.42. The van der Waals surface area contributed by atoms with Gasteiger partial charge in [-0.15, -0.1) is 0 Å². The largest absolute Gasteiger partial charge is 0.301 e. The van der Waals surface area contributed by atoms with Crippen molar-refractivity contribution < 1.29 is 13.3 Å². The van der Waals surface area contributed by atoms with Gasteiger partial charge in [0.05, 0.1) is 6.10 Å². The van der Waals surface area contributed by atoms with Gasteiger partial charge in [0, 0.05) is 13.1 Å². The number of piperidine rings is 1. The van der Waals surface area contributed by atoms with Crippen molar-refractivity contribution in [1.29, 1.82) is 0 Å². The normalized spacial score (nSPS) is 22.7. The van der Waals surface area contributed by atoms with Gasteiger partial charge < -0.3 is 4.84 Å². The van der Waals surface area contributed by atoms with Crippen LogP contribution in [0.4, 0.5) is 0 Å². The van der Waals surface area contributed by atoms with Crippen molar-refractivity contribution in [2.75, 3.05) is 13.1 Å². The molecule has 0 amide bonds. The molecular weight excluding hydrogens is 168 g/mol. The molecule has 0 aromatic carbocycles. The Morgan fingerprint density at radius 1 is 1.36 bits per heavy atom. The number of nitrogens with zero attached hydrogens (tertiary/aromatic N) is 1. The van der Waals surface area contributed by atoms with Crippen LogP contribution in [0.3, 0.4) is 0 Å². The maximum absolute atomic E-state index is 10.4. The van der Waals surface area contributed by atoms with E-state index in [1.807, 2.05) is 0 Å². The van der Waals surface area contributed by atoms with Gasteiger partial charge in [-0.2, -0.15) is 0 Å². The molecule has 6 heteroatoms. The molecule has 66 valence electrons. The van der Waals surface area contributed by atoms with E-state index >= 15 is 0 Å². The van der Waals surface area contributed by atoms with Crippen LogP contribution in [0.2, 0.25) is 0 Å². The van der Waals surface area contributed by atoms with Crippen molar-refractivity contribution in [3.63, 3.8) is 0 Å². The lowest BCUT2D eigenvalue weighted by molar-refractivity contribution is 0.0210. The highest BCUT2D eigenvalue weighted by Crippen LogP contribution is 2.11. The summed E-state index contributed by atoms with van der Waals surface area (Å²) in [5.74, 6) is 4.96. The first-order chi connectivity index (χ1) is 5.24. The molecule has 5 nitrogen and oxygen atoms in total. The highest BCUT2D eigenvalue weighted by atomic mass is 32.2. The van der Waals surface area contributed by atoms with Crippen LogP contribution in [0.25, 0.3) is 0 Å². The molecule has 1 saturated heterocycles. The van der Waals surface area contributed by atoms with Gasteiger partial charge in [-0.25, -0.2) is 18.6 Å². The van der Waals surface area contributed by atoms with Crippen LogP contribution in [0, 0.1) is 0 Å². The van der Waals surface area contributed by atoms with E-state index in [1.165, 1.54) is 4.31 Å². The van der Waals surface area contributed by atoms with E-state index in [0.29, 0.717) is 25.9 Å². The van der Waals surface area contributed by atoms with Crippen molar-refractivity contribution in [2.45, 2.75) is 18.9 Å². The summed E-state index contributed by atoms with van der Waals surface area (Å²) < 4.78 is 22.3.